The second-order valence-electron chi connectivity index (χ2n) is 3.86. The van der Waals surface area contributed by atoms with Crippen LogP contribution < -0.4 is 11.1 Å². The van der Waals surface area contributed by atoms with E-state index in [4.69, 9.17) is 5.73 Å². The van der Waals surface area contributed by atoms with Gasteiger partial charge in [-0.1, -0.05) is 24.3 Å². The van der Waals surface area contributed by atoms with Crippen LogP contribution in [-0.4, -0.2) is 11.1 Å². The van der Waals surface area contributed by atoms with Gasteiger partial charge >= 0.3 is 6.03 Å². The van der Waals surface area contributed by atoms with E-state index in [0.29, 0.717) is 6.42 Å². The lowest BCUT2D eigenvalue weighted by atomic mass is 9.85. The van der Waals surface area contributed by atoms with Gasteiger partial charge in [0.25, 0.3) is 0 Å². The molecule has 1 aromatic rings. The molecule has 0 spiro atoms. The summed E-state index contributed by atoms with van der Waals surface area (Å²) >= 11 is 0. The number of nitrogens with one attached hydrogen (secondary N) is 1. The molecule has 0 saturated carbocycles. The SMILES string of the molecule is NC(=O)NC1(O)CCCc2ccccc21. The molecule has 0 aliphatic heterocycles. The maximum Gasteiger partial charge on any atom is 0.314 e. The van der Waals surface area contributed by atoms with E-state index in [1.165, 1.54) is 0 Å². The molecule has 1 atom stereocenters. The Hall–Kier alpha value is -1.55. The number of primary amides is 1. The van der Waals surface area contributed by atoms with Crippen LogP contribution in [-0.2, 0) is 12.1 Å². The highest BCUT2D eigenvalue weighted by Crippen LogP contribution is 2.32. The number of hydrogen-bond donors (Lipinski definition) is 3. The third-order valence-corrected chi connectivity index (χ3v) is 2.78. The van der Waals surface area contributed by atoms with Gasteiger partial charge in [0.05, 0.1) is 0 Å². The summed E-state index contributed by atoms with van der Waals surface area (Å²) in [6.07, 6.45) is 2.28. The number of nitrogens with two attached hydrogens (primary N) is 1. The smallest absolute Gasteiger partial charge is 0.314 e. The number of urea groups is 1. The van der Waals surface area contributed by atoms with Crippen LogP contribution in [0.4, 0.5) is 4.79 Å². The lowest BCUT2D eigenvalue weighted by Gasteiger charge is -2.34. The average molecular weight is 206 g/mol. The van der Waals surface area contributed by atoms with Crippen molar-refractivity contribution in [3.05, 3.63) is 35.4 Å². The Morgan fingerprint density at radius 2 is 2.20 bits per heavy atom. The average Bonchev–Trinajstić information content (AvgIpc) is 2.17. The van der Waals surface area contributed by atoms with Gasteiger partial charge in [-0.3, -0.25) is 0 Å². The second-order valence-corrected chi connectivity index (χ2v) is 3.86. The summed E-state index contributed by atoms with van der Waals surface area (Å²) in [5.41, 5.74) is 5.59. The molecule has 1 unspecified atom stereocenters. The Balaban J connectivity index is 2.40. The molecule has 1 aliphatic rings. The molecular formula is C11H14N2O2. The molecule has 2 rings (SSSR count). The summed E-state index contributed by atoms with van der Waals surface area (Å²) in [6, 6.07) is 6.85. The van der Waals surface area contributed by atoms with E-state index in [9.17, 15) is 9.90 Å². The van der Waals surface area contributed by atoms with Crippen LogP contribution in [0.1, 0.15) is 24.0 Å². The highest BCUT2D eigenvalue weighted by atomic mass is 16.3. The van der Waals surface area contributed by atoms with Crippen LogP contribution in [0.25, 0.3) is 0 Å². The van der Waals surface area contributed by atoms with Crippen molar-refractivity contribution in [3.63, 3.8) is 0 Å². The van der Waals surface area contributed by atoms with E-state index in [1.807, 2.05) is 24.3 Å². The van der Waals surface area contributed by atoms with Crippen molar-refractivity contribution in [1.29, 1.82) is 0 Å². The minimum absolute atomic E-state index is 0.507. The van der Waals surface area contributed by atoms with Crippen molar-refractivity contribution >= 4 is 6.03 Å². The zero-order valence-electron chi connectivity index (χ0n) is 8.36. The lowest BCUT2D eigenvalue weighted by Crippen LogP contribution is -2.50. The molecule has 15 heavy (non-hydrogen) atoms. The minimum Gasteiger partial charge on any atom is -0.367 e. The summed E-state index contributed by atoms with van der Waals surface area (Å²) in [4.78, 5) is 10.8. The zero-order chi connectivity index (χ0) is 10.9. The Bertz CT molecular complexity index is 392. The third kappa shape index (κ3) is 1.80. The van der Waals surface area contributed by atoms with Crippen molar-refractivity contribution < 1.29 is 9.90 Å². The maximum atomic E-state index is 10.8. The molecule has 2 amide bonds. The van der Waals surface area contributed by atoms with Crippen LogP contribution in [0, 0.1) is 0 Å². The van der Waals surface area contributed by atoms with Gasteiger partial charge in [0.1, 0.15) is 0 Å². The van der Waals surface area contributed by atoms with Gasteiger partial charge in [-0.15, -0.1) is 0 Å². The Morgan fingerprint density at radius 1 is 1.47 bits per heavy atom. The largest absolute Gasteiger partial charge is 0.367 e. The quantitative estimate of drug-likeness (QED) is 0.595. The van der Waals surface area contributed by atoms with Crippen LogP contribution in [0.5, 0.6) is 0 Å². The van der Waals surface area contributed by atoms with Gasteiger partial charge in [-0.2, -0.15) is 0 Å². The summed E-state index contributed by atoms with van der Waals surface area (Å²) in [5, 5.41) is 12.7. The van der Waals surface area contributed by atoms with Crippen molar-refractivity contribution in [2.75, 3.05) is 0 Å². The van der Waals surface area contributed by atoms with Crippen molar-refractivity contribution in [2.24, 2.45) is 5.73 Å². The molecule has 80 valence electrons. The number of carbonyl (C=O) groups is 1. The topological polar surface area (TPSA) is 75.4 Å². The predicted octanol–water partition coefficient (Wildman–Crippen LogP) is 0.836. The first kappa shape index (κ1) is 9.98. The standard InChI is InChI=1S/C11H14N2O2/c12-10(14)13-11(15)7-3-5-8-4-1-2-6-9(8)11/h1-2,4,6,15H,3,5,7H2,(H3,12,13,14). The van der Waals surface area contributed by atoms with Gasteiger partial charge in [-0.25, -0.2) is 4.79 Å². The van der Waals surface area contributed by atoms with Gasteiger partial charge in [0.2, 0.25) is 0 Å². The Morgan fingerprint density at radius 3 is 2.93 bits per heavy atom. The second kappa shape index (κ2) is 3.55. The molecular weight excluding hydrogens is 192 g/mol. The van der Waals surface area contributed by atoms with E-state index in [1.54, 1.807) is 0 Å². The fourth-order valence-corrected chi connectivity index (χ4v) is 2.14. The highest BCUT2D eigenvalue weighted by molar-refractivity contribution is 5.72. The number of hydrogen-bond acceptors (Lipinski definition) is 2. The number of aliphatic hydroxyl groups is 1. The summed E-state index contributed by atoms with van der Waals surface area (Å²) in [7, 11) is 0. The molecule has 4 nitrogen and oxygen atoms in total. The lowest BCUT2D eigenvalue weighted by molar-refractivity contribution is -0.00307. The van der Waals surface area contributed by atoms with Gasteiger partial charge in [-0.05, 0) is 24.8 Å². The van der Waals surface area contributed by atoms with Crippen LogP contribution in [0.2, 0.25) is 0 Å². The number of fused-ring (bicyclic) bond motifs is 1. The molecule has 0 saturated heterocycles. The van der Waals surface area contributed by atoms with E-state index in [0.717, 1.165) is 24.0 Å². The van der Waals surface area contributed by atoms with Crippen molar-refractivity contribution in [2.45, 2.75) is 25.0 Å². The molecule has 0 heterocycles. The zero-order valence-corrected chi connectivity index (χ0v) is 8.36. The maximum absolute atomic E-state index is 10.8. The van der Waals surface area contributed by atoms with E-state index < -0.39 is 11.8 Å². The first-order valence-electron chi connectivity index (χ1n) is 5.00. The third-order valence-electron chi connectivity index (χ3n) is 2.78. The van der Waals surface area contributed by atoms with Crippen LogP contribution in [0.15, 0.2) is 24.3 Å². The van der Waals surface area contributed by atoms with Crippen molar-refractivity contribution in [1.82, 2.24) is 5.32 Å². The Labute approximate surface area is 88.1 Å². The summed E-state index contributed by atoms with van der Waals surface area (Å²) in [5.74, 6) is 0. The molecule has 1 aromatic carbocycles. The van der Waals surface area contributed by atoms with Gasteiger partial charge in [0.15, 0.2) is 5.72 Å². The molecule has 0 bridgehead atoms. The first-order chi connectivity index (χ1) is 7.12. The van der Waals surface area contributed by atoms with Gasteiger partial charge in [0, 0.05) is 5.56 Å². The fourth-order valence-electron chi connectivity index (χ4n) is 2.14. The van der Waals surface area contributed by atoms with E-state index in [2.05, 4.69) is 5.32 Å². The van der Waals surface area contributed by atoms with E-state index >= 15 is 0 Å². The highest BCUT2D eigenvalue weighted by Gasteiger charge is 2.34. The number of benzene rings is 1. The number of rotatable bonds is 1. The molecule has 0 radical (unpaired) electrons. The molecule has 0 fully saturated rings. The molecule has 4 N–H and O–H groups in total. The minimum atomic E-state index is -1.29. The molecule has 4 heteroatoms. The fraction of sp³-hybridized carbons (Fsp3) is 0.364. The Kier molecular flexibility index (Phi) is 2.36. The van der Waals surface area contributed by atoms with Crippen LogP contribution in [0.3, 0.4) is 0 Å². The van der Waals surface area contributed by atoms with Crippen LogP contribution >= 0.6 is 0 Å². The summed E-state index contributed by atoms with van der Waals surface area (Å²) < 4.78 is 0. The number of amides is 2. The monoisotopic (exact) mass is 206 g/mol. The van der Waals surface area contributed by atoms with Crippen molar-refractivity contribution in [3.8, 4) is 0 Å². The number of aryl methyl sites for hydroxylation is 1. The molecule has 1 aliphatic carbocycles. The molecule has 0 aromatic heterocycles. The normalized spacial score (nSPS) is 24.3. The summed E-state index contributed by atoms with van der Waals surface area (Å²) in [6.45, 7) is 0. The first-order valence-corrected chi connectivity index (χ1v) is 5.00. The van der Waals surface area contributed by atoms with Gasteiger partial charge < -0.3 is 16.2 Å². The van der Waals surface area contributed by atoms with E-state index in [-0.39, 0.29) is 0 Å². The number of carbonyl (C=O) groups excluding carboxylic acids is 1. The predicted molar refractivity (Wildman–Crippen MR) is 56.0 cm³/mol.